The second-order valence-electron chi connectivity index (χ2n) is 9.85. The van der Waals surface area contributed by atoms with Gasteiger partial charge in [-0.05, 0) is 81.1 Å². The van der Waals surface area contributed by atoms with Crippen molar-refractivity contribution in [2.45, 2.75) is 31.1 Å². The first kappa shape index (κ1) is 25.4. The van der Waals surface area contributed by atoms with Crippen molar-refractivity contribution in [3.63, 3.8) is 0 Å². The van der Waals surface area contributed by atoms with Crippen LogP contribution in [0.5, 0.6) is 0 Å². The van der Waals surface area contributed by atoms with Gasteiger partial charge in [-0.25, -0.2) is 13.1 Å². The third-order valence-electron chi connectivity index (χ3n) is 7.06. The summed E-state index contributed by atoms with van der Waals surface area (Å²) in [7, 11) is -3.61. The summed E-state index contributed by atoms with van der Waals surface area (Å²) in [6.07, 6.45) is 3.43. The number of nitrogens with one attached hydrogen (secondary N) is 2. The van der Waals surface area contributed by atoms with Crippen LogP contribution in [-0.2, 0) is 16.4 Å². The SMILES string of the molecule is Cc1cc(Nc2cccc(S(=O)(=O)NCCN3CCC(Cc4ccccc4)CC3)c2)c2ccccc2n1. The van der Waals surface area contributed by atoms with E-state index in [1.54, 1.807) is 18.2 Å². The second kappa shape index (κ2) is 11.4. The summed E-state index contributed by atoms with van der Waals surface area (Å²) in [6.45, 7) is 5.10. The van der Waals surface area contributed by atoms with Crippen LogP contribution in [-0.4, -0.2) is 44.5 Å². The van der Waals surface area contributed by atoms with Gasteiger partial charge in [-0.15, -0.1) is 0 Å². The van der Waals surface area contributed by atoms with Gasteiger partial charge >= 0.3 is 0 Å². The van der Waals surface area contributed by atoms with Crippen molar-refractivity contribution in [1.29, 1.82) is 0 Å². The highest BCUT2D eigenvalue weighted by Crippen LogP contribution is 2.27. The van der Waals surface area contributed by atoms with Crippen molar-refractivity contribution in [1.82, 2.24) is 14.6 Å². The minimum atomic E-state index is -3.61. The third kappa shape index (κ3) is 6.55. The van der Waals surface area contributed by atoms with Crippen LogP contribution < -0.4 is 10.0 Å². The molecule has 1 aromatic heterocycles. The van der Waals surface area contributed by atoms with E-state index < -0.39 is 10.0 Å². The van der Waals surface area contributed by atoms with E-state index in [9.17, 15) is 8.42 Å². The molecule has 2 N–H and O–H groups in total. The molecule has 0 unspecified atom stereocenters. The fraction of sp³-hybridized carbons (Fsp3) is 0.300. The van der Waals surface area contributed by atoms with E-state index in [0.717, 1.165) is 66.9 Å². The van der Waals surface area contributed by atoms with Gasteiger partial charge < -0.3 is 10.2 Å². The number of aryl methyl sites for hydroxylation is 1. The fourth-order valence-electron chi connectivity index (χ4n) is 5.09. The summed E-state index contributed by atoms with van der Waals surface area (Å²) < 4.78 is 28.9. The Hall–Kier alpha value is -3.26. The van der Waals surface area contributed by atoms with Crippen molar-refractivity contribution in [3.05, 3.63) is 96.2 Å². The molecule has 0 bridgehead atoms. The van der Waals surface area contributed by atoms with Crippen LogP contribution >= 0.6 is 0 Å². The first-order chi connectivity index (χ1) is 18.0. The largest absolute Gasteiger partial charge is 0.355 e. The molecule has 0 radical (unpaired) electrons. The lowest BCUT2D eigenvalue weighted by Gasteiger charge is -2.32. The smallest absolute Gasteiger partial charge is 0.240 e. The van der Waals surface area contributed by atoms with Gasteiger partial charge in [0.2, 0.25) is 10.0 Å². The number of likely N-dealkylation sites (tertiary alicyclic amines) is 1. The number of anilines is 2. The summed E-state index contributed by atoms with van der Waals surface area (Å²) in [4.78, 5) is 7.20. The van der Waals surface area contributed by atoms with Gasteiger partial charge in [0.05, 0.1) is 10.4 Å². The number of pyridine rings is 1. The lowest BCUT2D eigenvalue weighted by Crippen LogP contribution is -2.39. The van der Waals surface area contributed by atoms with E-state index in [4.69, 9.17) is 0 Å². The molecule has 0 saturated carbocycles. The monoisotopic (exact) mass is 514 g/mol. The van der Waals surface area contributed by atoms with Crippen LogP contribution in [0.15, 0.2) is 89.8 Å². The Morgan fingerprint density at radius 3 is 2.49 bits per heavy atom. The number of hydrogen-bond acceptors (Lipinski definition) is 5. The van der Waals surface area contributed by atoms with Gasteiger partial charge in [0.15, 0.2) is 0 Å². The molecule has 0 atom stereocenters. The van der Waals surface area contributed by atoms with Crippen LogP contribution in [0.4, 0.5) is 11.4 Å². The standard InChI is InChI=1S/C30H34N4O2S/c1-23-20-30(28-12-5-6-13-29(28)32-23)33-26-10-7-11-27(22-26)37(35,36)31-16-19-34-17-14-25(15-18-34)21-24-8-3-2-4-9-24/h2-13,20,22,25,31H,14-19,21H2,1H3,(H,32,33). The van der Waals surface area contributed by atoms with Crippen molar-refractivity contribution >= 4 is 32.3 Å². The van der Waals surface area contributed by atoms with Crippen LogP contribution in [0.2, 0.25) is 0 Å². The lowest BCUT2D eigenvalue weighted by molar-refractivity contribution is 0.187. The number of aromatic nitrogens is 1. The number of piperidine rings is 1. The van der Waals surface area contributed by atoms with Gasteiger partial charge in [0, 0.05) is 35.5 Å². The summed E-state index contributed by atoms with van der Waals surface area (Å²) in [6, 6.07) is 27.5. The molecule has 6 nitrogen and oxygen atoms in total. The van der Waals surface area contributed by atoms with Gasteiger partial charge in [-0.2, -0.15) is 0 Å². The molecule has 192 valence electrons. The molecular formula is C30H34N4O2S. The second-order valence-corrected chi connectivity index (χ2v) is 11.6. The molecule has 0 amide bonds. The number of rotatable bonds is 9. The Morgan fingerprint density at radius 2 is 1.68 bits per heavy atom. The van der Waals surface area contributed by atoms with Crippen molar-refractivity contribution in [2.75, 3.05) is 31.5 Å². The molecule has 1 fully saturated rings. The highest BCUT2D eigenvalue weighted by atomic mass is 32.2. The summed E-state index contributed by atoms with van der Waals surface area (Å²) in [5.41, 5.74) is 4.83. The maximum absolute atomic E-state index is 13.0. The summed E-state index contributed by atoms with van der Waals surface area (Å²) in [5, 5.41) is 4.38. The fourth-order valence-corrected chi connectivity index (χ4v) is 6.16. The third-order valence-corrected chi connectivity index (χ3v) is 8.52. The molecule has 5 rings (SSSR count). The molecule has 2 heterocycles. The number of benzene rings is 3. The number of sulfonamides is 1. The highest BCUT2D eigenvalue weighted by molar-refractivity contribution is 7.89. The van der Waals surface area contributed by atoms with Crippen LogP contribution in [0.1, 0.15) is 24.1 Å². The molecule has 0 aliphatic carbocycles. The minimum absolute atomic E-state index is 0.258. The maximum atomic E-state index is 13.0. The summed E-state index contributed by atoms with van der Waals surface area (Å²) >= 11 is 0. The molecule has 1 aliphatic heterocycles. The first-order valence-electron chi connectivity index (χ1n) is 13.0. The van der Waals surface area contributed by atoms with E-state index in [-0.39, 0.29) is 4.90 Å². The van der Waals surface area contributed by atoms with Crippen LogP contribution in [0.3, 0.4) is 0 Å². The molecule has 3 aromatic carbocycles. The number of nitrogens with zero attached hydrogens (tertiary/aromatic N) is 2. The van der Waals surface area contributed by atoms with Crippen LogP contribution in [0.25, 0.3) is 10.9 Å². The topological polar surface area (TPSA) is 74.3 Å². The van der Waals surface area contributed by atoms with Gasteiger partial charge in [-0.1, -0.05) is 54.6 Å². The quantitative estimate of drug-likeness (QED) is 0.308. The normalized spacial score (nSPS) is 15.2. The van der Waals surface area contributed by atoms with Crippen molar-refractivity contribution in [3.8, 4) is 0 Å². The van der Waals surface area contributed by atoms with Crippen LogP contribution in [0, 0.1) is 12.8 Å². The maximum Gasteiger partial charge on any atom is 0.240 e. The van der Waals surface area contributed by atoms with E-state index in [1.165, 1.54) is 5.56 Å². The highest BCUT2D eigenvalue weighted by Gasteiger charge is 2.20. The molecule has 1 saturated heterocycles. The Bertz CT molecular complexity index is 1450. The molecule has 7 heteroatoms. The van der Waals surface area contributed by atoms with Crippen molar-refractivity contribution < 1.29 is 8.42 Å². The predicted octanol–water partition coefficient (Wildman–Crippen LogP) is 5.52. The van der Waals surface area contributed by atoms with E-state index in [0.29, 0.717) is 12.5 Å². The van der Waals surface area contributed by atoms with Crippen molar-refractivity contribution in [2.24, 2.45) is 5.92 Å². The zero-order valence-corrected chi connectivity index (χ0v) is 22.0. The molecule has 0 spiro atoms. The van der Waals surface area contributed by atoms with Gasteiger partial charge in [0.1, 0.15) is 0 Å². The zero-order chi connectivity index (χ0) is 25.7. The minimum Gasteiger partial charge on any atom is -0.355 e. The molecule has 1 aliphatic rings. The van der Waals surface area contributed by atoms with E-state index >= 15 is 0 Å². The zero-order valence-electron chi connectivity index (χ0n) is 21.2. The average Bonchev–Trinajstić information content (AvgIpc) is 2.90. The van der Waals surface area contributed by atoms with Gasteiger partial charge in [0.25, 0.3) is 0 Å². The molecule has 4 aromatic rings. The number of hydrogen-bond donors (Lipinski definition) is 2. The Kier molecular flexibility index (Phi) is 7.84. The average molecular weight is 515 g/mol. The Balaban J connectivity index is 1.16. The Labute approximate surface area is 219 Å². The predicted molar refractivity (Wildman–Crippen MR) is 151 cm³/mol. The number of para-hydroxylation sites is 1. The summed E-state index contributed by atoms with van der Waals surface area (Å²) in [5.74, 6) is 0.701. The number of fused-ring (bicyclic) bond motifs is 1. The Morgan fingerprint density at radius 1 is 0.919 bits per heavy atom. The van der Waals surface area contributed by atoms with E-state index in [2.05, 4.69) is 50.3 Å². The lowest BCUT2D eigenvalue weighted by atomic mass is 9.90. The van der Waals surface area contributed by atoms with E-state index in [1.807, 2.05) is 43.3 Å². The molecular weight excluding hydrogens is 480 g/mol. The van der Waals surface area contributed by atoms with Gasteiger partial charge in [-0.3, -0.25) is 4.98 Å². The molecule has 37 heavy (non-hydrogen) atoms. The first-order valence-corrected chi connectivity index (χ1v) is 14.4.